The Morgan fingerprint density at radius 1 is 1.47 bits per heavy atom. The summed E-state index contributed by atoms with van der Waals surface area (Å²) in [7, 11) is 0. The summed E-state index contributed by atoms with van der Waals surface area (Å²) in [6.45, 7) is 0. The Kier molecular flexibility index (Phi) is 2.74. The van der Waals surface area contributed by atoms with Gasteiger partial charge >= 0.3 is 0 Å². The Morgan fingerprint density at radius 3 is 2.87 bits per heavy atom. The van der Waals surface area contributed by atoms with Crippen LogP contribution in [-0.2, 0) is 4.79 Å². The van der Waals surface area contributed by atoms with Crippen LogP contribution in [0.15, 0.2) is 24.1 Å². The van der Waals surface area contributed by atoms with E-state index in [-0.39, 0.29) is 17.5 Å². The van der Waals surface area contributed by atoms with Crippen LogP contribution in [-0.4, -0.2) is 11.3 Å². The lowest BCUT2D eigenvalue weighted by atomic mass is 9.70. The minimum absolute atomic E-state index is 0.0233. The molecule has 82 valence electrons. The Balaban J connectivity index is 2.15. The first-order chi connectivity index (χ1) is 7.13. The highest BCUT2D eigenvalue weighted by Crippen LogP contribution is 2.34. The maximum Gasteiger partial charge on any atom is 0.153 e. The summed E-state index contributed by atoms with van der Waals surface area (Å²) in [5.41, 5.74) is 5.43. The standard InChI is InChI=1S/C12H16FNO/c13-10-6-4-9(5-7-10)12(14)8-2-1-3-11(12)15/h4,6-7,9H,1-3,5,8,14H2/t9?,12-/m0/s1. The average Bonchev–Trinajstić information content (AvgIpc) is 2.23. The predicted molar refractivity (Wildman–Crippen MR) is 56.8 cm³/mol. The molecule has 2 nitrogen and oxygen atoms in total. The molecule has 2 rings (SSSR count). The Hall–Kier alpha value is -0.960. The fraction of sp³-hybridized carbons (Fsp3) is 0.583. The van der Waals surface area contributed by atoms with Gasteiger partial charge in [-0.05, 0) is 31.4 Å². The van der Waals surface area contributed by atoms with E-state index in [4.69, 9.17) is 5.73 Å². The number of carbonyl (C=O) groups is 1. The van der Waals surface area contributed by atoms with E-state index in [2.05, 4.69) is 0 Å². The molecule has 0 amide bonds. The van der Waals surface area contributed by atoms with Crippen molar-refractivity contribution in [1.82, 2.24) is 0 Å². The van der Waals surface area contributed by atoms with Gasteiger partial charge in [-0.3, -0.25) is 4.79 Å². The molecule has 0 heterocycles. The zero-order valence-electron chi connectivity index (χ0n) is 8.71. The molecule has 1 fully saturated rings. The molecule has 0 bridgehead atoms. The van der Waals surface area contributed by atoms with Crippen LogP contribution in [0.3, 0.4) is 0 Å². The van der Waals surface area contributed by atoms with Crippen LogP contribution in [0.25, 0.3) is 0 Å². The zero-order chi connectivity index (χ0) is 10.9. The summed E-state index contributed by atoms with van der Waals surface area (Å²) in [6, 6.07) is 0. The molecule has 1 saturated carbocycles. The number of Topliss-reactive ketones (excluding diaryl/α,β-unsaturated/α-hetero) is 1. The van der Waals surface area contributed by atoms with Crippen LogP contribution in [0.5, 0.6) is 0 Å². The summed E-state index contributed by atoms with van der Waals surface area (Å²) < 4.78 is 12.8. The Morgan fingerprint density at radius 2 is 2.27 bits per heavy atom. The van der Waals surface area contributed by atoms with Gasteiger partial charge in [-0.2, -0.15) is 0 Å². The third kappa shape index (κ3) is 1.88. The number of allylic oxidation sites excluding steroid dienone is 3. The first-order valence-corrected chi connectivity index (χ1v) is 5.49. The second-order valence-electron chi connectivity index (χ2n) is 4.46. The highest BCUT2D eigenvalue weighted by atomic mass is 19.1. The summed E-state index contributed by atoms with van der Waals surface area (Å²) >= 11 is 0. The molecule has 0 aromatic heterocycles. The lowest BCUT2D eigenvalue weighted by Gasteiger charge is -2.38. The van der Waals surface area contributed by atoms with Crippen molar-refractivity contribution in [3.05, 3.63) is 24.1 Å². The Labute approximate surface area is 89.0 Å². The largest absolute Gasteiger partial charge is 0.318 e. The Bertz CT molecular complexity index is 335. The number of halogens is 1. The van der Waals surface area contributed by atoms with Gasteiger partial charge in [0.15, 0.2) is 5.78 Å². The molecule has 2 aliphatic carbocycles. The predicted octanol–water partition coefficient (Wildman–Crippen LogP) is 2.26. The molecule has 0 saturated heterocycles. The molecule has 2 aliphatic rings. The zero-order valence-corrected chi connectivity index (χ0v) is 8.71. The van der Waals surface area contributed by atoms with Crippen LogP contribution < -0.4 is 5.73 Å². The van der Waals surface area contributed by atoms with Crippen LogP contribution in [0.4, 0.5) is 4.39 Å². The number of hydrogen-bond donors (Lipinski definition) is 1. The van der Waals surface area contributed by atoms with E-state index in [1.54, 1.807) is 6.08 Å². The highest BCUT2D eigenvalue weighted by molar-refractivity contribution is 5.89. The molecule has 3 heteroatoms. The van der Waals surface area contributed by atoms with Crippen LogP contribution in [0.2, 0.25) is 0 Å². The summed E-state index contributed by atoms with van der Waals surface area (Å²) in [4.78, 5) is 11.8. The van der Waals surface area contributed by atoms with E-state index in [1.165, 1.54) is 12.2 Å². The van der Waals surface area contributed by atoms with Crippen molar-refractivity contribution < 1.29 is 9.18 Å². The molecule has 0 aromatic carbocycles. The van der Waals surface area contributed by atoms with E-state index < -0.39 is 5.54 Å². The first kappa shape index (κ1) is 10.6. The van der Waals surface area contributed by atoms with Crippen molar-refractivity contribution in [3.63, 3.8) is 0 Å². The maximum atomic E-state index is 12.8. The minimum Gasteiger partial charge on any atom is -0.318 e. The van der Waals surface area contributed by atoms with Gasteiger partial charge in [0.1, 0.15) is 5.83 Å². The van der Waals surface area contributed by atoms with E-state index >= 15 is 0 Å². The quantitative estimate of drug-likeness (QED) is 0.719. The smallest absolute Gasteiger partial charge is 0.153 e. The molecular formula is C12H16FNO. The third-order valence-corrected chi connectivity index (χ3v) is 3.48. The van der Waals surface area contributed by atoms with Gasteiger partial charge in [0.2, 0.25) is 0 Å². The van der Waals surface area contributed by atoms with Crippen molar-refractivity contribution in [2.45, 2.75) is 37.6 Å². The second kappa shape index (κ2) is 3.89. The number of rotatable bonds is 1. The fourth-order valence-electron chi connectivity index (χ4n) is 2.44. The SMILES string of the molecule is N[C@]1(C2C=CC(F)=CC2)CCCCC1=O. The van der Waals surface area contributed by atoms with Gasteiger partial charge in [-0.1, -0.05) is 12.5 Å². The van der Waals surface area contributed by atoms with Crippen LogP contribution >= 0.6 is 0 Å². The number of hydrogen-bond acceptors (Lipinski definition) is 2. The monoisotopic (exact) mass is 209 g/mol. The van der Waals surface area contributed by atoms with Gasteiger partial charge in [0.25, 0.3) is 0 Å². The third-order valence-electron chi connectivity index (χ3n) is 3.48. The fourth-order valence-corrected chi connectivity index (χ4v) is 2.44. The topological polar surface area (TPSA) is 43.1 Å². The van der Waals surface area contributed by atoms with Crippen LogP contribution in [0, 0.1) is 5.92 Å². The molecule has 1 unspecified atom stereocenters. The van der Waals surface area contributed by atoms with Crippen LogP contribution in [0.1, 0.15) is 32.1 Å². The van der Waals surface area contributed by atoms with Crippen molar-refractivity contribution in [2.75, 3.05) is 0 Å². The molecule has 2 N–H and O–H groups in total. The van der Waals surface area contributed by atoms with Gasteiger partial charge < -0.3 is 5.73 Å². The first-order valence-electron chi connectivity index (χ1n) is 5.49. The number of nitrogens with two attached hydrogens (primary N) is 1. The molecular weight excluding hydrogens is 193 g/mol. The molecule has 0 spiro atoms. The van der Waals surface area contributed by atoms with E-state index in [1.807, 2.05) is 0 Å². The van der Waals surface area contributed by atoms with Crippen molar-refractivity contribution in [1.29, 1.82) is 0 Å². The van der Waals surface area contributed by atoms with Crippen molar-refractivity contribution in [3.8, 4) is 0 Å². The molecule has 2 atom stereocenters. The van der Waals surface area contributed by atoms with Crippen molar-refractivity contribution in [2.24, 2.45) is 11.7 Å². The van der Waals surface area contributed by atoms with E-state index in [9.17, 15) is 9.18 Å². The molecule has 0 aromatic rings. The second-order valence-corrected chi connectivity index (χ2v) is 4.46. The van der Waals surface area contributed by atoms with E-state index in [0.717, 1.165) is 19.3 Å². The van der Waals surface area contributed by atoms with Gasteiger partial charge in [0, 0.05) is 12.3 Å². The van der Waals surface area contributed by atoms with Gasteiger partial charge in [-0.25, -0.2) is 4.39 Å². The van der Waals surface area contributed by atoms with E-state index in [0.29, 0.717) is 12.8 Å². The maximum absolute atomic E-state index is 12.8. The van der Waals surface area contributed by atoms with Gasteiger partial charge in [0.05, 0.1) is 5.54 Å². The number of ketones is 1. The normalized spacial score (nSPS) is 36.5. The highest BCUT2D eigenvalue weighted by Gasteiger charge is 2.41. The molecule has 0 aliphatic heterocycles. The van der Waals surface area contributed by atoms with Gasteiger partial charge in [-0.15, -0.1) is 0 Å². The lowest BCUT2D eigenvalue weighted by molar-refractivity contribution is -0.127. The summed E-state index contributed by atoms with van der Waals surface area (Å²) in [5, 5.41) is 0. The number of carbonyl (C=O) groups excluding carboxylic acids is 1. The summed E-state index contributed by atoms with van der Waals surface area (Å²) in [5.74, 6) is -0.109. The summed E-state index contributed by atoms with van der Waals surface area (Å²) in [6.07, 6.45) is 8.48. The minimum atomic E-state index is -0.744. The van der Waals surface area contributed by atoms with Crippen molar-refractivity contribution >= 4 is 5.78 Å². The molecule has 15 heavy (non-hydrogen) atoms. The molecule has 0 radical (unpaired) electrons. The average molecular weight is 209 g/mol. The lowest BCUT2D eigenvalue weighted by Crippen LogP contribution is -2.55.